The van der Waals surface area contributed by atoms with Crippen molar-refractivity contribution in [2.45, 2.75) is 23.5 Å². The van der Waals surface area contributed by atoms with E-state index in [2.05, 4.69) is 33.0 Å². The Morgan fingerprint density at radius 1 is 1.14 bits per heavy atom. The molecule has 0 saturated carbocycles. The number of hydrogen-bond acceptors (Lipinski definition) is 6. The van der Waals surface area contributed by atoms with Gasteiger partial charge in [-0.1, -0.05) is 42.5 Å². The highest BCUT2D eigenvalue weighted by Crippen LogP contribution is 2.44. The van der Waals surface area contributed by atoms with Crippen LogP contribution in [0, 0.1) is 0 Å². The third kappa shape index (κ3) is 4.74. The van der Waals surface area contributed by atoms with Gasteiger partial charge in [0.25, 0.3) is 0 Å². The van der Waals surface area contributed by atoms with Crippen molar-refractivity contribution >= 4 is 35.1 Å². The molecule has 1 aliphatic rings. The molecule has 1 fully saturated rings. The maximum Gasteiger partial charge on any atom is 0.249 e. The summed E-state index contributed by atoms with van der Waals surface area (Å²) in [6.45, 7) is 0. The smallest absolute Gasteiger partial charge is 0.249 e. The number of carbonyl (C=O) groups excluding carboxylic acids is 1. The van der Waals surface area contributed by atoms with Crippen molar-refractivity contribution in [2.24, 2.45) is 0 Å². The summed E-state index contributed by atoms with van der Waals surface area (Å²) in [5, 5.41) is 14.4. The Morgan fingerprint density at radius 2 is 1.96 bits per heavy atom. The van der Waals surface area contributed by atoms with Crippen LogP contribution in [0.15, 0.2) is 60.9 Å². The second-order valence-corrected chi connectivity index (χ2v) is 9.26. The predicted molar refractivity (Wildman–Crippen MR) is 114 cm³/mol. The molecule has 1 amide bonds. The van der Waals surface area contributed by atoms with E-state index in [9.17, 15) is 4.79 Å². The molecule has 0 spiro atoms. The van der Waals surface area contributed by atoms with Gasteiger partial charge in [-0.15, -0.1) is 28.6 Å². The first-order valence-electron chi connectivity index (χ1n) is 9.20. The minimum atomic E-state index is -0.514. The van der Waals surface area contributed by atoms with E-state index < -0.39 is 6.04 Å². The molecule has 1 aliphatic heterocycles. The number of rotatable bonds is 6. The van der Waals surface area contributed by atoms with Crippen molar-refractivity contribution in [3.05, 3.63) is 72.1 Å². The van der Waals surface area contributed by atoms with E-state index in [1.165, 1.54) is 34.5 Å². The first-order valence-corrected chi connectivity index (χ1v) is 11.3. The highest BCUT2D eigenvalue weighted by Gasteiger charge is 2.23. The van der Waals surface area contributed by atoms with Crippen molar-refractivity contribution < 1.29 is 4.79 Å². The number of nitrogens with zero attached hydrogens (tertiary/aromatic N) is 4. The fourth-order valence-electron chi connectivity index (χ4n) is 3.12. The normalized spacial score (nSPS) is 15.9. The monoisotopic (exact) mass is 411 g/mol. The van der Waals surface area contributed by atoms with Crippen molar-refractivity contribution in [3.8, 4) is 0 Å². The highest BCUT2D eigenvalue weighted by atomic mass is 32.2. The SMILES string of the molecule is O=C(Nc1cccc(C2SCCCS2)c1)[C@@H](Cc1ccccc1)n1cnnn1. The Bertz CT molecular complexity index is 898. The second kappa shape index (κ2) is 9.25. The number of thioether (sulfide) groups is 2. The van der Waals surface area contributed by atoms with Crippen LogP contribution >= 0.6 is 23.5 Å². The quantitative estimate of drug-likeness (QED) is 0.662. The van der Waals surface area contributed by atoms with Gasteiger partial charge in [0, 0.05) is 12.1 Å². The topological polar surface area (TPSA) is 72.7 Å². The van der Waals surface area contributed by atoms with Crippen molar-refractivity contribution in [2.75, 3.05) is 16.8 Å². The van der Waals surface area contributed by atoms with Crippen molar-refractivity contribution in [1.82, 2.24) is 20.2 Å². The van der Waals surface area contributed by atoms with E-state index >= 15 is 0 Å². The van der Waals surface area contributed by atoms with Crippen LogP contribution in [0.1, 0.15) is 28.2 Å². The lowest BCUT2D eigenvalue weighted by Gasteiger charge is -2.22. The van der Waals surface area contributed by atoms with Gasteiger partial charge >= 0.3 is 0 Å². The summed E-state index contributed by atoms with van der Waals surface area (Å²) in [5.74, 6) is 2.25. The van der Waals surface area contributed by atoms with Crippen LogP contribution in [0.5, 0.6) is 0 Å². The fourth-order valence-corrected chi connectivity index (χ4v) is 6.00. The third-order valence-corrected chi connectivity index (χ3v) is 7.53. The zero-order chi connectivity index (χ0) is 19.2. The molecule has 1 N–H and O–H groups in total. The van der Waals surface area contributed by atoms with Gasteiger partial charge in [-0.2, -0.15) is 0 Å². The molecule has 0 unspecified atom stereocenters. The van der Waals surface area contributed by atoms with Crippen LogP contribution in [0.4, 0.5) is 5.69 Å². The molecule has 2 aromatic carbocycles. The maximum atomic E-state index is 13.1. The van der Waals surface area contributed by atoms with Gasteiger partial charge in [0.1, 0.15) is 12.4 Å². The largest absolute Gasteiger partial charge is 0.324 e. The van der Waals surface area contributed by atoms with Crippen LogP contribution in [0.25, 0.3) is 0 Å². The average molecular weight is 412 g/mol. The van der Waals surface area contributed by atoms with Crippen LogP contribution in [0.3, 0.4) is 0 Å². The van der Waals surface area contributed by atoms with Crippen LogP contribution in [-0.4, -0.2) is 37.6 Å². The number of hydrogen-bond donors (Lipinski definition) is 1. The van der Waals surface area contributed by atoms with E-state index in [1.807, 2.05) is 66.0 Å². The van der Waals surface area contributed by atoms with Gasteiger partial charge in [-0.05, 0) is 51.6 Å². The maximum absolute atomic E-state index is 13.1. The number of aromatic nitrogens is 4. The van der Waals surface area contributed by atoms with Gasteiger partial charge in [0.15, 0.2) is 0 Å². The predicted octanol–water partition coefficient (Wildman–Crippen LogP) is 3.96. The first-order chi connectivity index (χ1) is 13.8. The summed E-state index contributed by atoms with van der Waals surface area (Å²) in [7, 11) is 0. The van der Waals surface area contributed by atoms with Crippen LogP contribution < -0.4 is 5.32 Å². The van der Waals surface area contributed by atoms with Crippen molar-refractivity contribution in [1.29, 1.82) is 0 Å². The molecular formula is C20H21N5OS2. The molecule has 4 rings (SSSR count). The second-order valence-electron chi connectivity index (χ2n) is 6.54. The summed E-state index contributed by atoms with van der Waals surface area (Å²) in [4.78, 5) is 13.1. The van der Waals surface area contributed by atoms with Crippen LogP contribution in [-0.2, 0) is 11.2 Å². The van der Waals surface area contributed by atoms with Gasteiger partial charge in [-0.3, -0.25) is 4.79 Å². The van der Waals surface area contributed by atoms with E-state index in [0.29, 0.717) is 11.0 Å². The summed E-state index contributed by atoms with van der Waals surface area (Å²) in [6, 6.07) is 17.5. The molecule has 1 aromatic heterocycles. The molecular weight excluding hydrogens is 390 g/mol. The highest BCUT2D eigenvalue weighted by molar-refractivity contribution is 8.16. The van der Waals surface area contributed by atoms with E-state index in [-0.39, 0.29) is 5.91 Å². The molecule has 0 aliphatic carbocycles. The summed E-state index contributed by atoms with van der Waals surface area (Å²) >= 11 is 3.94. The standard InChI is InChI=1S/C20H21N5OS2/c26-19(18(25-14-21-23-24-25)12-15-6-2-1-3-7-15)22-17-9-4-8-16(13-17)20-27-10-5-11-28-20/h1-4,6-9,13-14,18,20H,5,10-12H2,(H,22,26)/t18-/m1/s1. The number of anilines is 1. The number of amides is 1. The molecule has 0 bridgehead atoms. The zero-order valence-electron chi connectivity index (χ0n) is 15.3. The lowest BCUT2D eigenvalue weighted by atomic mass is 10.1. The van der Waals surface area contributed by atoms with Crippen LogP contribution in [0.2, 0.25) is 0 Å². The van der Waals surface area contributed by atoms with Gasteiger partial charge in [-0.25, -0.2) is 4.68 Å². The Labute approximate surface area is 172 Å². The molecule has 144 valence electrons. The molecule has 2 heterocycles. The molecule has 0 radical (unpaired) electrons. The summed E-state index contributed by atoms with van der Waals surface area (Å²) < 4.78 is 1.95. The summed E-state index contributed by atoms with van der Waals surface area (Å²) in [5.41, 5.74) is 3.11. The molecule has 1 atom stereocenters. The van der Waals surface area contributed by atoms with E-state index in [4.69, 9.17) is 0 Å². The van der Waals surface area contributed by atoms with Gasteiger partial charge in [0.2, 0.25) is 5.91 Å². The first kappa shape index (κ1) is 19.0. The third-order valence-electron chi connectivity index (χ3n) is 4.51. The minimum Gasteiger partial charge on any atom is -0.324 e. The van der Waals surface area contributed by atoms with E-state index in [1.54, 1.807) is 0 Å². The Balaban J connectivity index is 1.51. The number of tetrazole rings is 1. The van der Waals surface area contributed by atoms with Gasteiger partial charge < -0.3 is 5.32 Å². The fraction of sp³-hybridized carbons (Fsp3) is 0.300. The zero-order valence-corrected chi connectivity index (χ0v) is 16.9. The molecule has 1 saturated heterocycles. The number of carbonyl (C=O) groups is 1. The lowest BCUT2D eigenvalue weighted by Crippen LogP contribution is -2.28. The van der Waals surface area contributed by atoms with Crippen molar-refractivity contribution in [3.63, 3.8) is 0 Å². The molecule has 3 aromatic rings. The van der Waals surface area contributed by atoms with Gasteiger partial charge in [0.05, 0.1) is 4.58 Å². The average Bonchev–Trinajstić information content (AvgIpc) is 3.28. The lowest BCUT2D eigenvalue weighted by molar-refractivity contribution is -0.119. The molecule has 28 heavy (non-hydrogen) atoms. The van der Waals surface area contributed by atoms with E-state index in [0.717, 1.165) is 11.3 Å². The Kier molecular flexibility index (Phi) is 6.28. The Hall–Kier alpha value is -2.32. The Morgan fingerprint density at radius 3 is 2.71 bits per heavy atom. The number of nitrogens with one attached hydrogen (secondary N) is 1. The minimum absolute atomic E-state index is 0.128. The molecule has 8 heteroatoms. The summed E-state index contributed by atoms with van der Waals surface area (Å²) in [6.07, 6.45) is 3.26. The number of benzene rings is 2. The molecule has 6 nitrogen and oxygen atoms in total.